The molecule has 13 heteroatoms. The summed E-state index contributed by atoms with van der Waals surface area (Å²) in [6, 6.07) is 10.1. The van der Waals surface area contributed by atoms with E-state index in [0.29, 0.717) is 33.8 Å². The van der Waals surface area contributed by atoms with Crippen LogP contribution in [0.2, 0.25) is 0 Å². The molecular weight excluding hydrogens is 493 g/mol. The molecule has 2 N–H and O–H groups in total. The maximum Gasteiger partial charge on any atom is 0.270 e. The fourth-order valence-corrected chi connectivity index (χ4v) is 4.18. The van der Waals surface area contributed by atoms with Crippen LogP contribution in [-0.4, -0.2) is 54.9 Å². The molecule has 0 spiro atoms. The first-order valence-electron chi connectivity index (χ1n) is 11.5. The molecule has 0 unspecified atom stereocenters. The molecule has 0 fully saturated rings. The molecule has 0 saturated heterocycles. The predicted octanol–water partition coefficient (Wildman–Crippen LogP) is 1.49. The highest BCUT2D eigenvalue weighted by Gasteiger charge is 2.37. The summed E-state index contributed by atoms with van der Waals surface area (Å²) in [4.78, 5) is 48.0. The van der Waals surface area contributed by atoms with Gasteiger partial charge < -0.3 is 15.5 Å². The molecule has 2 aromatic carbocycles. The van der Waals surface area contributed by atoms with Crippen molar-refractivity contribution in [3.8, 4) is 11.4 Å². The molecule has 12 nitrogen and oxygen atoms in total. The summed E-state index contributed by atoms with van der Waals surface area (Å²) in [5.74, 6) is -1.30. The van der Waals surface area contributed by atoms with E-state index in [-0.39, 0.29) is 29.7 Å². The van der Waals surface area contributed by atoms with Gasteiger partial charge in [-0.2, -0.15) is 0 Å². The van der Waals surface area contributed by atoms with Gasteiger partial charge in [-0.3, -0.25) is 14.4 Å². The van der Waals surface area contributed by atoms with Gasteiger partial charge in [-0.15, -0.1) is 5.10 Å². The number of hydrogen-bond acceptors (Lipinski definition) is 8. The lowest BCUT2D eigenvalue weighted by Gasteiger charge is -2.13. The van der Waals surface area contributed by atoms with Crippen LogP contribution < -0.4 is 15.5 Å². The number of aromatic nitrogens is 6. The van der Waals surface area contributed by atoms with E-state index >= 15 is 0 Å². The smallest absolute Gasteiger partial charge is 0.270 e. The lowest BCUT2D eigenvalue weighted by atomic mass is 10.0. The van der Waals surface area contributed by atoms with E-state index < -0.39 is 17.9 Å². The van der Waals surface area contributed by atoms with Crippen molar-refractivity contribution in [2.45, 2.75) is 19.5 Å². The summed E-state index contributed by atoms with van der Waals surface area (Å²) >= 11 is 0. The maximum absolute atomic E-state index is 13.5. The number of carbonyl (C=O) groups is 3. The van der Waals surface area contributed by atoms with Crippen LogP contribution in [-0.2, 0) is 18.4 Å². The number of amides is 3. The van der Waals surface area contributed by atoms with Crippen molar-refractivity contribution in [1.82, 2.24) is 40.8 Å². The van der Waals surface area contributed by atoms with Gasteiger partial charge in [0.05, 0.1) is 0 Å². The molecule has 1 aliphatic heterocycles. The molecule has 0 aliphatic carbocycles. The van der Waals surface area contributed by atoms with Gasteiger partial charge in [-0.25, -0.2) is 19.0 Å². The van der Waals surface area contributed by atoms with Crippen LogP contribution in [0.25, 0.3) is 11.4 Å². The average molecular weight is 516 g/mol. The van der Waals surface area contributed by atoms with Crippen LogP contribution >= 0.6 is 0 Å². The third-order valence-corrected chi connectivity index (χ3v) is 6.24. The number of benzene rings is 2. The Labute approximate surface area is 215 Å². The van der Waals surface area contributed by atoms with Crippen molar-refractivity contribution in [3.63, 3.8) is 0 Å². The summed E-state index contributed by atoms with van der Waals surface area (Å²) in [6.45, 7) is 1.78. The Bertz CT molecular complexity index is 1590. The maximum atomic E-state index is 13.5. The number of hydrogen-bond donors (Lipinski definition) is 2. The number of nitrogens with zero attached hydrogens (tertiary/aromatic N) is 7. The molecule has 5 rings (SSSR count). The first kappa shape index (κ1) is 24.6. The molecule has 3 amide bonds. The van der Waals surface area contributed by atoms with E-state index in [4.69, 9.17) is 0 Å². The molecule has 3 heterocycles. The SMILES string of the molecule is Cc1cc(CNC(=O)c2cc(C(=O)N[C@H]3C(=O)N(C)c4cc(-c5nnnn5C)ccc43)ncn2)ccc1F. The number of likely N-dealkylation sites (N-methyl/N-ethyl adjacent to an activating group) is 1. The zero-order chi connectivity index (χ0) is 27.0. The second-order valence-electron chi connectivity index (χ2n) is 8.76. The second kappa shape index (κ2) is 9.76. The number of aryl methyl sites for hydroxylation is 2. The largest absolute Gasteiger partial charge is 0.347 e. The lowest BCUT2D eigenvalue weighted by molar-refractivity contribution is -0.119. The first-order valence-corrected chi connectivity index (χ1v) is 11.5. The van der Waals surface area contributed by atoms with Crippen molar-refractivity contribution in [2.24, 2.45) is 7.05 Å². The standard InChI is InChI=1S/C25H22FN9O3/c1-13-8-14(4-7-17(13)26)11-27-23(36)18-10-19(29-12-28-18)24(37)30-21-16-6-5-15(22-31-32-33-35(22)3)9-20(16)34(2)25(21)38/h4-10,12,21H,11H2,1-3H3,(H,27,36)(H,30,37)/t21-/m1/s1. The molecule has 1 aliphatic rings. The summed E-state index contributed by atoms with van der Waals surface area (Å²) in [7, 11) is 3.32. The molecule has 0 bridgehead atoms. The van der Waals surface area contributed by atoms with Crippen molar-refractivity contribution in [1.29, 1.82) is 0 Å². The van der Waals surface area contributed by atoms with Gasteiger partial charge in [0, 0.05) is 43.5 Å². The lowest BCUT2D eigenvalue weighted by Crippen LogP contribution is -2.36. The molecule has 2 aromatic heterocycles. The number of anilines is 1. The van der Waals surface area contributed by atoms with Gasteiger partial charge >= 0.3 is 0 Å². The van der Waals surface area contributed by atoms with Crippen molar-refractivity contribution >= 4 is 23.4 Å². The highest BCUT2D eigenvalue weighted by Crippen LogP contribution is 2.37. The zero-order valence-corrected chi connectivity index (χ0v) is 20.6. The normalized spacial score (nSPS) is 14.4. The molecular formula is C25H22FN9O3. The fraction of sp³-hybridized carbons (Fsp3) is 0.200. The van der Waals surface area contributed by atoms with Gasteiger partial charge in [-0.05, 0) is 40.6 Å². The fourth-order valence-electron chi connectivity index (χ4n) is 4.18. The zero-order valence-electron chi connectivity index (χ0n) is 20.6. The number of carbonyl (C=O) groups excluding carboxylic acids is 3. The second-order valence-corrected chi connectivity index (χ2v) is 8.76. The first-order chi connectivity index (χ1) is 18.2. The molecule has 0 saturated carbocycles. The predicted molar refractivity (Wildman–Crippen MR) is 132 cm³/mol. The van der Waals surface area contributed by atoms with E-state index in [1.807, 2.05) is 0 Å². The van der Waals surface area contributed by atoms with Crippen LogP contribution in [0.1, 0.15) is 43.7 Å². The third kappa shape index (κ3) is 4.56. The summed E-state index contributed by atoms with van der Waals surface area (Å²) in [6.07, 6.45) is 1.10. The van der Waals surface area contributed by atoms with Crippen LogP contribution in [0.5, 0.6) is 0 Å². The van der Waals surface area contributed by atoms with Crippen LogP contribution in [0.4, 0.5) is 10.1 Å². The monoisotopic (exact) mass is 515 g/mol. The highest BCUT2D eigenvalue weighted by atomic mass is 19.1. The van der Waals surface area contributed by atoms with E-state index in [0.717, 1.165) is 6.33 Å². The Kier molecular flexibility index (Phi) is 6.33. The van der Waals surface area contributed by atoms with E-state index in [2.05, 4.69) is 36.1 Å². The van der Waals surface area contributed by atoms with E-state index in [1.54, 1.807) is 51.4 Å². The van der Waals surface area contributed by atoms with E-state index in [1.165, 1.54) is 21.7 Å². The number of tetrazole rings is 1. The molecule has 1 atom stereocenters. The topological polar surface area (TPSA) is 148 Å². The van der Waals surface area contributed by atoms with Crippen LogP contribution in [0, 0.1) is 12.7 Å². The van der Waals surface area contributed by atoms with Crippen LogP contribution in [0.3, 0.4) is 0 Å². The Morgan fingerprint density at radius 2 is 1.79 bits per heavy atom. The minimum atomic E-state index is -0.942. The van der Waals surface area contributed by atoms with Gasteiger partial charge in [0.2, 0.25) is 0 Å². The summed E-state index contributed by atoms with van der Waals surface area (Å²) in [5, 5.41) is 16.8. The van der Waals surface area contributed by atoms with Crippen molar-refractivity contribution in [3.05, 3.63) is 82.7 Å². The Balaban J connectivity index is 1.30. The quantitative estimate of drug-likeness (QED) is 0.393. The number of nitrogens with one attached hydrogen (secondary N) is 2. The van der Waals surface area contributed by atoms with Gasteiger partial charge in [0.1, 0.15) is 29.6 Å². The van der Waals surface area contributed by atoms with E-state index in [9.17, 15) is 18.8 Å². The minimum absolute atomic E-state index is 0.0267. The Morgan fingerprint density at radius 3 is 2.50 bits per heavy atom. The number of halogens is 1. The number of rotatable bonds is 6. The van der Waals surface area contributed by atoms with Crippen molar-refractivity contribution in [2.75, 3.05) is 11.9 Å². The number of fused-ring (bicyclic) bond motifs is 1. The highest BCUT2D eigenvalue weighted by molar-refractivity contribution is 6.08. The van der Waals surface area contributed by atoms with Gasteiger partial charge in [0.25, 0.3) is 17.7 Å². The molecule has 4 aromatic rings. The Morgan fingerprint density at radius 1 is 1.03 bits per heavy atom. The molecule has 0 radical (unpaired) electrons. The summed E-state index contributed by atoms with van der Waals surface area (Å²) in [5.41, 5.74) is 3.00. The van der Waals surface area contributed by atoms with Gasteiger partial charge in [0.15, 0.2) is 5.82 Å². The van der Waals surface area contributed by atoms with Crippen LogP contribution in [0.15, 0.2) is 48.8 Å². The molecule has 38 heavy (non-hydrogen) atoms. The molecule has 192 valence electrons. The average Bonchev–Trinajstić information content (AvgIpc) is 3.45. The minimum Gasteiger partial charge on any atom is -0.347 e. The summed E-state index contributed by atoms with van der Waals surface area (Å²) < 4.78 is 15.0. The third-order valence-electron chi connectivity index (χ3n) is 6.24. The van der Waals surface area contributed by atoms with Gasteiger partial charge in [-0.1, -0.05) is 24.3 Å². The Hall–Kier alpha value is -5.07. The van der Waals surface area contributed by atoms with Crippen molar-refractivity contribution < 1.29 is 18.8 Å².